The van der Waals surface area contributed by atoms with Gasteiger partial charge in [0, 0.05) is 5.33 Å². The number of rotatable bonds is 6. The van der Waals surface area contributed by atoms with Gasteiger partial charge in [-0.05, 0) is 38.8 Å². The first-order valence-electron chi connectivity index (χ1n) is 6.77. The van der Waals surface area contributed by atoms with E-state index in [1.165, 1.54) is 11.1 Å². The molecule has 0 aliphatic carbocycles. The molecule has 1 aromatic carbocycles. The van der Waals surface area contributed by atoms with E-state index < -0.39 is 5.97 Å². The molecule has 0 saturated heterocycles. The Balaban J connectivity index is 0.000000394. The summed E-state index contributed by atoms with van der Waals surface area (Å²) in [4.78, 5) is 10.2. The lowest BCUT2D eigenvalue weighted by atomic mass is 10.1. The number of carboxylic acid groups (broad SMARTS) is 1. The molecule has 0 bridgehead atoms. The Labute approximate surface area is 135 Å². The van der Waals surface area contributed by atoms with Gasteiger partial charge >= 0.3 is 5.97 Å². The van der Waals surface area contributed by atoms with Crippen molar-refractivity contribution < 1.29 is 15.0 Å². The van der Waals surface area contributed by atoms with Crippen LogP contribution in [0.25, 0.3) is 0 Å². The van der Waals surface area contributed by atoms with Crippen LogP contribution in [0.2, 0.25) is 0 Å². The number of carbonyl (C=O) groups is 1. The standard InChI is InChI=1S/C10H17BrO.C7H6O2/c1-9(6-7-12)4-3-5-10(2)8-11;8-7(9)6-4-2-1-3-5-6/h5-6,12H,3-4,7-8H2,1-2H3;1-5H,(H,8,9)/b9-6+,10-5+;. The van der Waals surface area contributed by atoms with Crippen molar-refractivity contribution in [1.29, 1.82) is 0 Å². The van der Waals surface area contributed by atoms with Gasteiger partial charge in [0.05, 0.1) is 12.2 Å². The summed E-state index contributed by atoms with van der Waals surface area (Å²) in [6.45, 7) is 4.32. The second kappa shape index (κ2) is 12.4. The third-order valence-electron chi connectivity index (χ3n) is 2.70. The van der Waals surface area contributed by atoms with E-state index in [1.807, 2.05) is 13.0 Å². The largest absolute Gasteiger partial charge is 0.478 e. The zero-order chi connectivity index (χ0) is 16.1. The first kappa shape index (κ1) is 19.6. The van der Waals surface area contributed by atoms with Crippen molar-refractivity contribution in [3.05, 3.63) is 59.2 Å². The van der Waals surface area contributed by atoms with E-state index in [0.29, 0.717) is 5.56 Å². The molecule has 0 spiro atoms. The number of aromatic carboxylic acids is 1. The summed E-state index contributed by atoms with van der Waals surface area (Å²) in [6, 6.07) is 8.30. The zero-order valence-corrected chi connectivity index (χ0v) is 14.1. The zero-order valence-electron chi connectivity index (χ0n) is 12.6. The number of carboxylic acids is 1. The first-order chi connectivity index (χ1) is 10.0. The Bertz CT molecular complexity index is 464. The highest BCUT2D eigenvalue weighted by molar-refractivity contribution is 9.09. The number of aliphatic hydroxyl groups excluding tert-OH is 1. The maximum atomic E-state index is 10.2. The number of aliphatic hydroxyl groups is 1. The van der Waals surface area contributed by atoms with E-state index in [1.54, 1.807) is 30.3 Å². The van der Waals surface area contributed by atoms with Crippen molar-refractivity contribution in [3.8, 4) is 0 Å². The highest BCUT2D eigenvalue weighted by Crippen LogP contribution is 2.07. The first-order valence-corrected chi connectivity index (χ1v) is 7.89. The maximum absolute atomic E-state index is 10.2. The Hall–Kier alpha value is -1.39. The Morgan fingerprint density at radius 3 is 2.19 bits per heavy atom. The number of hydrogen-bond acceptors (Lipinski definition) is 2. The summed E-state index contributed by atoms with van der Waals surface area (Å²) in [7, 11) is 0. The van der Waals surface area contributed by atoms with Crippen LogP contribution in [0.5, 0.6) is 0 Å². The monoisotopic (exact) mass is 354 g/mol. The second-order valence-electron chi connectivity index (χ2n) is 4.63. The van der Waals surface area contributed by atoms with E-state index in [0.717, 1.165) is 18.2 Å². The summed E-state index contributed by atoms with van der Waals surface area (Å²) in [6.07, 6.45) is 6.20. The highest BCUT2D eigenvalue weighted by atomic mass is 79.9. The van der Waals surface area contributed by atoms with Crippen molar-refractivity contribution in [1.82, 2.24) is 0 Å². The fourth-order valence-electron chi connectivity index (χ4n) is 1.44. The number of hydrogen-bond donors (Lipinski definition) is 2. The average molecular weight is 355 g/mol. The van der Waals surface area contributed by atoms with Crippen LogP contribution in [0.15, 0.2) is 53.6 Å². The summed E-state index contributed by atoms with van der Waals surface area (Å²) in [5.74, 6) is -0.879. The third-order valence-corrected chi connectivity index (χ3v) is 3.59. The maximum Gasteiger partial charge on any atom is 0.335 e. The van der Waals surface area contributed by atoms with Gasteiger partial charge < -0.3 is 10.2 Å². The number of alkyl halides is 1. The predicted octanol–water partition coefficient (Wildman–Crippen LogP) is 4.43. The molecular weight excluding hydrogens is 332 g/mol. The van der Waals surface area contributed by atoms with Crippen LogP contribution in [-0.2, 0) is 0 Å². The van der Waals surface area contributed by atoms with Gasteiger partial charge in [0.1, 0.15) is 0 Å². The van der Waals surface area contributed by atoms with Gasteiger partial charge in [0.15, 0.2) is 0 Å². The van der Waals surface area contributed by atoms with Gasteiger partial charge in [-0.2, -0.15) is 0 Å². The van der Waals surface area contributed by atoms with Crippen LogP contribution >= 0.6 is 15.9 Å². The Morgan fingerprint density at radius 2 is 1.76 bits per heavy atom. The van der Waals surface area contributed by atoms with Crippen LogP contribution in [0.4, 0.5) is 0 Å². The molecule has 1 rings (SSSR count). The van der Waals surface area contributed by atoms with E-state index >= 15 is 0 Å². The third kappa shape index (κ3) is 11.0. The molecule has 3 nitrogen and oxygen atoms in total. The minimum atomic E-state index is -0.879. The highest BCUT2D eigenvalue weighted by Gasteiger charge is 1.96. The Morgan fingerprint density at radius 1 is 1.14 bits per heavy atom. The molecule has 0 aromatic heterocycles. The minimum absolute atomic E-state index is 0.160. The predicted molar refractivity (Wildman–Crippen MR) is 91.0 cm³/mol. The molecule has 0 aliphatic heterocycles. The Kier molecular flexibility index (Phi) is 11.5. The van der Waals surface area contributed by atoms with Gasteiger partial charge in [0.25, 0.3) is 0 Å². The van der Waals surface area contributed by atoms with Crippen molar-refractivity contribution in [2.45, 2.75) is 26.7 Å². The fraction of sp³-hybridized carbons (Fsp3) is 0.353. The number of allylic oxidation sites excluding steroid dienone is 3. The molecule has 4 heteroatoms. The van der Waals surface area contributed by atoms with Gasteiger partial charge in [-0.15, -0.1) is 0 Å². The van der Waals surface area contributed by atoms with Crippen LogP contribution in [0, 0.1) is 0 Å². The molecule has 2 N–H and O–H groups in total. The van der Waals surface area contributed by atoms with Crippen molar-refractivity contribution >= 4 is 21.9 Å². The summed E-state index contributed by atoms with van der Waals surface area (Å²) in [5, 5.41) is 17.9. The average Bonchev–Trinajstić information content (AvgIpc) is 2.49. The fourth-order valence-corrected chi connectivity index (χ4v) is 1.67. The number of benzene rings is 1. The molecule has 0 aliphatic rings. The van der Waals surface area contributed by atoms with E-state index in [2.05, 4.69) is 28.9 Å². The van der Waals surface area contributed by atoms with E-state index in [9.17, 15) is 4.79 Å². The van der Waals surface area contributed by atoms with E-state index in [-0.39, 0.29) is 6.61 Å². The van der Waals surface area contributed by atoms with Crippen LogP contribution in [0.1, 0.15) is 37.0 Å². The lowest BCUT2D eigenvalue weighted by Crippen LogP contribution is -1.93. The van der Waals surface area contributed by atoms with Crippen LogP contribution < -0.4 is 0 Å². The molecule has 0 atom stereocenters. The molecule has 116 valence electrons. The quantitative estimate of drug-likeness (QED) is 0.586. The second-order valence-corrected chi connectivity index (χ2v) is 5.19. The molecule has 0 heterocycles. The molecule has 0 radical (unpaired) electrons. The normalized spacial score (nSPS) is 11.6. The number of halogens is 1. The lowest BCUT2D eigenvalue weighted by molar-refractivity contribution is 0.0697. The minimum Gasteiger partial charge on any atom is -0.478 e. The summed E-state index contributed by atoms with van der Waals surface area (Å²) in [5.41, 5.74) is 2.96. The summed E-state index contributed by atoms with van der Waals surface area (Å²) >= 11 is 3.39. The lowest BCUT2D eigenvalue weighted by Gasteiger charge is -1.97. The topological polar surface area (TPSA) is 57.5 Å². The smallest absolute Gasteiger partial charge is 0.335 e. The molecule has 0 amide bonds. The van der Waals surface area contributed by atoms with Gasteiger partial charge in [-0.25, -0.2) is 4.79 Å². The summed E-state index contributed by atoms with van der Waals surface area (Å²) < 4.78 is 0. The van der Waals surface area contributed by atoms with Crippen molar-refractivity contribution in [2.75, 3.05) is 11.9 Å². The van der Waals surface area contributed by atoms with Gasteiger partial charge in [0.2, 0.25) is 0 Å². The molecule has 21 heavy (non-hydrogen) atoms. The van der Waals surface area contributed by atoms with Crippen LogP contribution in [-0.4, -0.2) is 28.1 Å². The van der Waals surface area contributed by atoms with Gasteiger partial charge in [-0.3, -0.25) is 0 Å². The molecule has 0 unspecified atom stereocenters. The molecule has 0 saturated carbocycles. The molecule has 0 fully saturated rings. The SMILES string of the molecule is C/C(=C\CC/C(C)=C/CO)CBr.O=C(O)c1ccccc1. The van der Waals surface area contributed by atoms with Crippen molar-refractivity contribution in [3.63, 3.8) is 0 Å². The van der Waals surface area contributed by atoms with E-state index in [4.69, 9.17) is 10.2 Å². The van der Waals surface area contributed by atoms with Crippen LogP contribution in [0.3, 0.4) is 0 Å². The van der Waals surface area contributed by atoms with Crippen molar-refractivity contribution in [2.24, 2.45) is 0 Å². The molecular formula is C17H23BrO3. The van der Waals surface area contributed by atoms with Gasteiger partial charge in [-0.1, -0.05) is 57.4 Å². The molecule has 1 aromatic rings.